The fourth-order valence-electron chi connectivity index (χ4n) is 4.31. The molecule has 0 radical (unpaired) electrons. The highest BCUT2D eigenvalue weighted by Gasteiger charge is 2.34. The van der Waals surface area contributed by atoms with Crippen LogP contribution in [-0.2, 0) is 19.6 Å². The van der Waals surface area contributed by atoms with Gasteiger partial charge in [0.15, 0.2) is 11.5 Å². The monoisotopic (exact) mass is 491 g/mol. The number of fused-ring (bicyclic) bond motifs is 1. The number of sulfonamides is 1. The number of carbonyl (C=O) groups excluding carboxylic acids is 1. The van der Waals surface area contributed by atoms with Gasteiger partial charge in [-0.1, -0.05) is 0 Å². The van der Waals surface area contributed by atoms with Crippen LogP contribution in [0.25, 0.3) is 0 Å². The molecule has 0 aliphatic carbocycles. The van der Waals surface area contributed by atoms with E-state index in [1.54, 1.807) is 17.0 Å². The summed E-state index contributed by atoms with van der Waals surface area (Å²) >= 11 is 0. The first-order valence-corrected chi connectivity index (χ1v) is 12.7. The van der Waals surface area contributed by atoms with Gasteiger partial charge in [-0.2, -0.15) is 4.31 Å². The summed E-state index contributed by atoms with van der Waals surface area (Å²) in [4.78, 5) is 16.5. The van der Waals surface area contributed by atoms with Gasteiger partial charge < -0.3 is 24.0 Å². The number of halogens is 1. The lowest BCUT2D eigenvalue weighted by Crippen LogP contribution is -2.50. The minimum atomic E-state index is -3.73. The molecule has 0 aromatic heterocycles. The zero-order valence-electron chi connectivity index (χ0n) is 18.6. The molecule has 5 rings (SSSR count). The number of benzene rings is 2. The van der Waals surface area contributed by atoms with Gasteiger partial charge in [0.2, 0.25) is 16.1 Å². The Labute approximate surface area is 197 Å². The lowest BCUT2D eigenvalue weighted by atomic mass is 10.2. The van der Waals surface area contributed by atoms with Gasteiger partial charge >= 0.3 is 0 Å². The molecule has 0 N–H and O–H groups in total. The molecule has 0 spiro atoms. The van der Waals surface area contributed by atoms with Crippen LogP contribution in [0.4, 0.5) is 10.1 Å². The minimum Gasteiger partial charge on any atom is -0.485 e. The van der Waals surface area contributed by atoms with E-state index >= 15 is 0 Å². The van der Waals surface area contributed by atoms with E-state index in [1.807, 2.05) is 4.90 Å². The van der Waals surface area contributed by atoms with Crippen LogP contribution >= 0.6 is 0 Å². The van der Waals surface area contributed by atoms with Gasteiger partial charge in [0.1, 0.15) is 12.4 Å². The predicted molar refractivity (Wildman–Crippen MR) is 121 cm³/mol. The van der Waals surface area contributed by atoms with Crippen LogP contribution in [-0.4, -0.2) is 88.7 Å². The molecule has 1 amide bonds. The average molecular weight is 492 g/mol. The van der Waals surface area contributed by atoms with E-state index in [2.05, 4.69) is 0 Å². The van der Waals surface area contributed by atoms with Crippen LogP contribution in [0.15, 0.2) is 47.4 Å². The smallest absolute Gasteiger partial charge is 0.267 e. The Kier molecular flexibility index (Phi) is 6.32. The molecule has 2 saturated heterocycles. The fraction of sp³-hybridized carbons (Fsp3) is 0.435. The Morgan fingerprint density at radius 2 is 1.62 bits per heavy atom. The van der Waals surface area contributed by atoms with Crippen molar-refractivity contribution in [3.63, 3.8) is 0 Å². The number of amides is 1. The number of hydrogen-bond acceptors (Lipinski definition) is 7. The number of rotatable bonds is 4. The van der Waals surface area contributed by atoms with E-state index in [1.165, 1.54) is 34.6 Å². The number of ether oxygens (including phenoxy) is 3. The fourth-order valence-corrected chi connectivity index (χ4v) is 5.75. The molecule has 2 fully saturated rings. The van der Waals surface area contributed by atoms with E-state index in [0.29, 0.717) is 64.0 Å². The summed E-state index contributed by atoms with van der Waals surface area (Å²) < 4.78 is 57.9. The number of nitrogens with zero attached hydrogens (tertiary/aromatic N) is 3. The normalized spacial score (nSPS) is 21.4. The molecule has 3 aliphatic heterocycles. The van der Waals surface area contributed by atoms with Gasteiger partial charge in [0, 0.05) is 51.0 Å². The minimum absolute atomic E-state index is 0.0169. The van der Waals surface area contributed by atoms with Crippen molar-refractivity contribution in [2.24, 2.45) is 0 Å². The third-order valence-corrected chi connectivity index (χ3v) is 8.14. The molecular formula is C23H26FN3O6S. The summed E-state index contributed by atoms with van der Waals surface area (Å²) in [5.41, 5.74) is 0.860. The second kappa shape index (κ2) is 9.40. The van der Waals surface area contributed by atoms with Gasteiger partial charge in [-0.3, -0.25) is 4.79 Å². The van der Waals surface area contributed by atoms with Crippen molar-refractivity contribution in [2.45, 2.75) is 11.0 Å². The average Bonchev–Trinajstić information content (AvgIpc) is 2.88. The summed E-state index contributed by atoms with van der Waals surface area (Å²) in [6, 6.07) is 10.6. The zero-order valence-corrected chi connectivity index (χ0v) is 19.4. The first kappa shape index (κ1) is 22.9. The highest BCUT2D eigenvalue weighted by molar-refractivity contribution is 7.89. The first-order chi connectivity index (χ1) is 16.4. The standard InChI is InChI=1S/C23H26FN3O6S/c24-17-1-3-18(4-2-17)25-7-9-27(10-8-25)34(29,30)19-5-6-20-21(15-19)32-16-22(33-20)23(28)26-11-13-31-14-12-26/h1-6,15,22H,7-14,16H2. The second-order valence-electron chi connectivity index (χ2n) is 8.33. The van der Waals surface area contributed by atoms with Crippen molar-refractivity contribution >= 4 is 21.6 Å². The summed E-state index contributed by atoms with van der Waals surface area (Å²) in [6.45, 7) is 3.65. The van der Waals surface area contributed by atoms with Crippen LogP contribution in [0, 0.1) is 5.82 Å². The van der Waals surface area contributed by atoms with Crippen LogP contribution in [0.1, 0.15) is 0 Å². The molecule has 2 aromatic carbocycles. The number of carbonyl (C=O) groups is 1. The van der Waals surface area contributed by atoms with Crippen molar-refractivity contribution in [1.82, 2.24) is 9.21 Å². The molecule has 11 heteroatoms. The van der Waals surface area contributed by atoms with E-state index in [9.17, 15) is 17.6 Å². The molecule has 1 atom stereocenters. The molecule has 1 unspecified atom stereocenters. The van der Waals surface area contributed by atoms with Crippen molar-refractivity contribution in [3.8, 4) is 11.5 Å². The Morgan fingerprint density at radius 1 is 0.912 bits per heavy atom. The zero-order chi connectivity index (χ0) is 23.7. The second-order valence-corrected chi connectivity index (χ2v) is 10.3. The van der Waals surface area contributed by atoms with E-state index in [4.69, 9.17) is 14.2 Å². The van der Waals surface area contributed by atoms with Gasteiger partial charge in [0.25, 0.3) is 5.91 Å². The SMILES string of the molecule is O=C(C1COc2cc(S(=O)(=O)N3CCN(c4ccc(F)cc4)CC3)ccc2O1)N1CCOCC1. The van der Waals surface area contributed by atoms with Crippen LogP contribution in [0.2, 0.25) is 0 Å². The largest absolute Gasteiger partial charge is 0.485 e. The highest BCUT2D eigenvalue weighted by Crippen LogP contribution is 2.35. The van der Waals surface area contributed by atoms with E-state index in [0.717, 1.165) is 5.69 Å². The van der Waals surface area contributed by atoms with E-state index in [-0.39, 0.29) is 23.2 Å². The maximum Gasteiger partial charge on any atom is 0.267 e. The van der Waals surface area contributed by atoms with Crippen molar-refractivity contribution in [1.29, 1.82) is 0 Å². The molecule has 2 aromatic rings. The molecule has 34 heavy (non-hydrogen) atoms. The highest BCUT2D eigenvalue weighted by atomic mass is 32.2. The first-order valence-electron chi connectivity index (χ1n) is 11.2. The third kappa shape index (κ3) is 4.55. The molecule has 0 bridgehead atoms. The molecule has 3 aliphatic rings. The molecule has 0 saturated carbocycles. The third-order valence-electron chi connectivity index (χ3n) is 6.24. The van der Waals surface area contributed by atoms with Gasteiger partial charge in [-0.15, -0.1) is 0 Å². The van der Waals surface area contributed by atoms with Gasteiger partial charge in [-0.25, -0.2) is 12.8 Å². The van der Waals surface area contributed by atoms with Crippen LogP contribution in [0.5, 0.6) is 11.5 Å². The number of hydrogen-bond donors (Lipinski definition) is 0. The van der Waals surface area contributed by atoms with Crippen molar-refractivity contribution in [2.75, 3.05) is 64.0 Å². The van der Waals surface area contributed by atoms with E-state index < -0.39 is 16.1 Å². The predicted octanol–water partition coefficient (Wildman–Crippen LogP) is 1.34. The Bertz CT molecular complexity index is 1150. The van der Waals surface area contributed by atoms with Crippen molar-refractivity contribution in [3.05, 3.63) is 48.3 Å². The molecule has 182 valence electrons. The molecule has 3 heterocycles. The number of piperazine rings is 1. The van der Waals surface area contributed by atoms with Gasteiger partial charge in [-0.05, 0) is 36.4 Å². The summed E-state index contributed by atoms with van der Waals surface area (Å²) in [5.74, 6) is 0.181. The Hall–Kier alpha value is -2.89. The summed E-state index contributed by atoms with van der Waals surface area (Å²) in [5, 5.41) is 0. The lowest BCUT2D eigenvalue weighted by molar-refractivity contribution is -0.145. The lowest BCUT2D eigenvalue weighted by Gasteiger charge is -2.35. The summed E-state index contributed by atoms with van der Waals surface area (Å²) in [7, 11) is -3.73. The van der Waals surface area contributed by atoms with Crippen LogP contribution in [0.3, 0.4) is 0 Å². The molecule has 9 nitrogen and oxygen atoms in total. The Morgan fingerprint density at radius 3 is 2.32 bits per heavy atom. The van der Waals surface area contributed by atoms with Crippen LogP contribution < -0.4 is 14.4 Å². The maximum absolute atomic E-state index is 13.2. The maximum atomic E-state index is 13.2. The molecular weight excluding hydrogens is 465 g/mol. The van der Waals surface area contributed by atoms with Crippen molar-refractivity contribution < 1.29 is 31.8 Å². The topological polar surface area (TPSA) is 88.6 Å². The Balaban J connectivity index is 1.24. The quantitative estimate of drug-likeness (QED) is 0.638. The summed E-state index contributed by atoms with van der Waals surface area (Å²) in [6.07, 6.45) is -0.771. The number of morpholine rings is 1. The number of anilines is 1. The van der Waals surface area contributed by atoms with Gasteiger partial charge in [0.05, 0.1) is 18.1 Å².